The lowest BCUT2D eigenvalue weighted by atomic mass is 10.3. The summed E-state index contributed by atoms with van der Waals surface area (Å²) in [5.41, 5.74) is 1.71. The predicted octanol–water partition coefficient (Wildman–Crippen LogP) is 3.92. The van der Waals surface area contributed by atoms with Crippen LogP contribution in [-0.2, 0) is 6.42 Å². The maximum Gasteiger partial charge on any atom is 0.319 e. The highest BCUT2D eigenvalue weighted by Crippen LogP contribution is 2.21. The van der Waals surface area contributed by atoms with E-state index in [2.05, 4.69) is 30.8 Å². The van der Waals surface area contributed by atoms with Crippen LogP contribution in [0.2, 0.25) is 0 Å². The summed E-state index contributed by atoms with van der Waals surface area (Å²) in [5.74, 6) is 2.89. The number of nitrogens with zero attached hydrogens (tertiary/aromatic N) is 3. The first-order valence-corrected chi connectivity index (χ1v) is 9.36. The highest BCUT2D eigenvalue weighted by atomic mass is 16.5. The van der Waals surface area contributed by atoms with Gasteiger partial charge in [0.25, 0.3) is 0 Å². The summed E-state index contributed by atoms with van der Waals surface area (Å²) in [5, 5.41) is 12.5. The molecule has 4 rings (SSSR count). The molecule has 2 amide bonds. The number of hydrogen-bond acceptors (Lipinski definition) is 6. The van der Waals surface area contributed by atoms with Crippen LogP contribution < -0.4 is 15.4 Å². The van der Waals surface area contributed by atoms with Gasteiger partial charge in [0.2, 0.25) is 11.7 Å². The van der Waals surface area contributed by atoms with Crippen molar-refractivity contribution >= 4 is 11.7 Å². The Labute approximate surface area is 172 Å². The number of H-pyrrole nitrogens is 1. The number of benzene rings is 1. The van der Waals surface area contributed by atoms with Crippen molar-refractivity contribution in [3.63, 3.8) is 0 Å². The van der Waals surface area contributed by atoms with Gasteiger partial charge in [-0.25, -0.2) is 14.8 Å². The van der Waals surface area contributed by atoms with Crippen molar-refractivity contribution < 1.29 is 13.9 Å². The summed E-state index contributed by atoms with van der Waals surface area (Å²) in [6, 6.07) is 14.0. The Hall–Kier alpha value is -4.14. The Morgan fingerprint density at radius 1 is 1.17 bits per heavy atom. The van der Waals surface area contributed by atoms with E-state index in [0.29, 0.717) is 47.7 Å². The molecule has 0 bridgehead atoms. The van der Waals surface area contributed by atoms with E-state index in [-0.39, 0.29) is 6.03 Å². The second-order valence-corrected chi connectivity index (χ2v) is 6.51. The largest absolute Gasteiger partial charge is 0.461 e. The number of amides is 2. The number of anilines is 1. The van der Waals surface area contributed by atoms with Gasteiger partial charge >= 0.3 is 6.03 Å². The molecule has 30 heavy (non-hydrogen) atoms. The molecule has 4 aromatic rings. The van der Waals surface area contributed by atoms with Crippen molar-refractivity contribution in [1.29, 1.82) is 0 Å². The Morgan fingerprint density at radius 3 is 2.77 bits per heavy atom. The molecule has 0 radical (unpaired) electrons. The van der Waals surface area contributed by atoms with E-state index in [4.69, 9.17) is 9.15 Å². The third-order valence-electron chi connectivity index (χ3n) is 4.14. The number of pyridine rings is 1. The minimum atomic E-state index is -0.311. The van der Waals surface area contributed by atoms with Crippen molar-refractivity contribution in [1.82, 2.24) is 25.5 Å². The zero-order valence-corrected chi connectivity index (χ0v) is 16.3. The molecular formula is C21H20N6O3. The van der Waals surface area contributed by atoms with Crippen molar-refractivity contribution in [2.45, 2.75) is 13.3 Å². The van der Waals surface area contributed by atoms with Crippen molar-refractivity contribution in [3.8, 4) is 23.2 Å². The van der Waals surface area contributed by atoms with Crippen LogP contribution in [-0.4, -0.2) is 32.7 Å². The first-order chi connectivity index (χ1) is 14.7. The molecule has 0 spiro atoms. The Bertz CT molecular complexity index is 1090. The molecule has 0 aliphatic heterocycles. The van der Waals surface area contributed by atoms with Crippen LogP contribution >= 0.6 is 0 Å². The van der Waals surface area contributed by atoms with E-state index in [1.807, 2.05) is 13.0 Å². The maximum absolute atomic E-state index is 12.1. The second-order valence-electron chi connectivity index (χ2n) is 6.51. The molecule has 0 aliphatic rings. The highest BCUT2D eigenvalue weighted by Gasteiger charge is 2.09. The van der Waals surface area contributed by atoms with Crippen LogP contribution in [0, 0.1) is 6.92 Å². The maximum atomic E-state index is 12.1. The molecule has 3 aromatic heterocycles. The van der Waals surface area contributed by atoms with Gasteiger partial charge in [0.1, 0.15) is 11.6 Å². The van der Waals surface area contributed by atoms with E-state index >= 15 is 0 Å². The highest BCUT2D eigenvalue weighted by molar-refractivity contribution is 5.89. The van der Waals surface area contributed by atoms with Gasteiger partial charge in [0.15, 0.2) is 5.76 Å². The zero-order chi connectivity index (χ0) is 20.8. The lowest BCUT2D eigenvalue weighted by Crippen LogP contribution is -2.30. The molecule has 0 atom stereocenters. The van der Waals surface area contributed by atoms with Crippen LogP contribution in [0.5, 0.6) is 11.6 Å². The summed E-state index contributed by atoms with van der Waals surface area (Å²) in [7, 11) is 0. The normalized spacial score (nSPS) is 10.6. The lowest BCUT2D eigenvalue weighted by Gasteiger charge is -2.08. The fourth-order valence-corrected chi connectivity index (χ4v) is 2.63. The summed E-state index contributed by atoms with van der Waals surface area (Å²) in [6.07, 6.45) is 3.82. The van der Waals surface area contributed by atoms with Crippen molar-refractivity contribution in [2.75, 3.05) is 11.9 Å². The van der Waals surface area contributed by atoms with Gasteiger partial charge in [-0.15, -0.1) is 0 Å². The van der Waals surface area contributed by atoms with E-state index in [1.54, 1.807) is 54.9 Å². The molecule has 0 saturated carbocycles. The number of furan rings is 1. The van der Waals surface area contributed by atoms with Gasteiger partial charge < -0.3 is 19.8 Å². The zero-order valence-electron chi connectivity index (χ0n) is 16.3. The Balaban J connectivity index is 1.22. The molecule has 3 N–H and O–H groups in total. The predicted molar refractivity (Wildman–Crippen MR) is 110 cm³/mol. The number of ether oxygens (including phenoxy) is 1. The van der Waals surface area contributed by atoms with Gasteiger partial charge in [-0.3, -0.25) is 5.10 Å². The monoisotopic (exact) mass is 404 g/mol. The lowest BCUT2D eigenvalue weighted by molar-refractivity contribution is 0.252. The number of carbonyl (C=O) groups excluding carboxylic acids is 1. The van der Waals surface area contributed by atoms with E-state index in [9.17, 15) is 4.79 Å². The van der Waals surface area contributed by atoms with Crippen molar-refractivity contribution in [2.24, 2.45) is 0 Å². The van der Waals surface area contributed by atoms with Gasteiger partial charge in [-0.1, -0.05) is 6.07 Å². The standard InChI is InChI=1S/C21H20N6O3/c1-14-4-9-19(23-13-14)30-16-7-5-15(6-8-16)24-21(28)22-11-10-18-25-20(27-26-18)17-3-2-12-29-17/h2-9,12-13H,10-11H2,1H3,(H2,22,24,28)(H,25,26,27). The molecule has 1 aromatic carbocycles. The smallest absolute Gasteiger partial charge is 0.319 e. The minimum Gasteiger partial charge on any atom is -0.461 e. The fraction of sp³-hybridized carbons (Fsp3) is 0.143. The quantitative estimate of drug-likeness (QED) is 0.430. The number of nitrogens with one attached hydrogen (secondary N) is 3. The van der Waals surface area contributed by atoms with Crippen LogP contribution in [0.3, 0.4) is 0 Å². The Morgan fingerprint density at radius 2 is 2.03 bits per heavy atom. The van der Waals surface area contributed by atoms with E-state index < -0.39 is 0 Å². The molecule has 0 fully saturated rings. The summed E-state index contributed by atoms with van der Waals surface area (Å²) < 4.78 is 10.9. The van der Waals surface area contributed by atoms with Crippen LogP contribution in [0.4, 0.5) is 10.5 Å². The van der Waals surface area contributed by atoms with Crippen LogP contribution in [0.25, 0.3) is 11.6 Å². The number of aromatic amines is 1. The summed E-state index contributed by atoms with van der Waals surface area (Å²) in [6.45, 7) is 2.37. The van der Waals surface area contributed by atoms with Crippen LogP contribution in [0.15, 0.2) is 65.4 Å². The molecule has 3 heterocycles. The number of rotatable bonds is 7. The molecule has 0 aliphatic carbocycles. The number of aryl methyl sites for hydroxylation is 1. The number of carbonyl (C=O) groups is 1. The molecule has 0 saturated heterocycles. The molecule has 9 nitrogen and oxygen atoms in total. The third kappa shape index (κ3) is 5.02. The molecule has 0 unspecified atom stereocenters. The average Bonchev–Trinajstić information content (AvgIpc) is 3.43. The first kappa shape index (κ1) is 19.2. The molecular weight excluding hydrogens is 384 g/mol. The Kier molecular flexibility index (Phi) is 5.70. The van der Waals surface area contributed by atoms with E-state index in [1.165, 1.54) is 0 Å². The van der Waals surface area contributed by atoms with E-state index in [0.717, 1.165) is 5.56 Å². The number of urea groups is 1. The van der Waals surface area contributed by atoms with Gasteiger partial charge in [-0.2, -0.15) is 5.10 Å². The first-order valence-electron chi connectivity index (χ1n) is 9.36. The molecule has 9 heteroatoms. The topological polar surface area (TPSA) is 118 Å². The van der Waals surface area contributed by atoms with Gasteiger partial charge in [0, 0.05) is 30.9 Å². The second kappa shape index (κ2) is 8.91. The molecule has 152 valence electrons. The third-order valence-corrected chi connectivity index (χ3v) is 4.14. The van der Waals surface area contributed by atoms with Crippen molar-refractivity contribution in [3.05, 3.63) is 72.4 Å². The SMILES string of the molecule is Cc1ccc(Oc2ccc(NC(=O)NCCc3nc(-c4ccco4)n[nH]3)cc2)nc1. The minimum absolute atomic E-state index is 0.311. The van der Waals surface area contributed by atoms with Crippen LogP contribution in [0.1, 0.15) is 11.4 Å². The fourth-order valence-electron chi connectivity index (χ4n) is 2.63. The number of hydrogen-bond donors (Lipinski definition) is 3. The van der Waals surface area contributed by atoms with Gasteiger partial charge in [0.05, 0.1) is 6.26 Å². The number of aromatic nitrogens is 4. The average molecular weight is 404 g/mol. The summed E-state index contributed by atoms with van der Waals surface area (Å²) >= 11 is 0. The summed E-state index contributed by atoms with van der Waals surface area (Å²) in [4.78, 5) is 20.6. The van der Waals surface area contributed by atoms with Gasteiger partial charge in [-0.05, 0) is 48.9 Å².